The van der Waals surface area contributed by atoms with E-state index in [1.54, 1.807) is 12.1 Å². The van der Waals surface area contributed by atoms with E-state index in [9.17, 15) is 14.7 Å². The Hall–Kier alpha value is -1.84. The summed E-state index contributed by atoms with van der Waals surface area (Å²) in [5, 5.41) is 9.28. The number of rotatable bonds is 18. The average Bonchev–Trinajstić information content (AvgIpc) is 2.74. The molecule has 1 unspecified atom stereocenters. The predicted molar refractivity (Wildman–Crippen MR) is 128 cm³/mol. The van der Waals surface area contributed by atoms with Crippen LogP contribution in [-0.2, 0) is 4.74 Å². The van der Waals surface area contributed by atoms with E-state index < -0.39 is 11.9 Å². The van der Waals surface area contributed by atoms with Gasteiger partial charge in [-0.05, 0) is 37.3 Å². The summed E-state index contributed by atoms with van der Waals surface area (Å²) in [6, 6.07) is 6.26. The highest BCUT2D eigenvalue weighted by Gasteiger charge is 2.20. The van der Waals surface area contributed by atoms with Gasteiger partial charge in [-0.15, -0.1) is 0 Å². The molecular formula is C27H44O4. The van der Waals surface area contributed by atoms with Gasteiger partial charge in [0.25, 0.3) is 0 Å². The van der Waals surface area contributed by atoms with E-state index in [1.807, 2.05) is 0 Å². The van der Waals surface area contributed by atoms with Crippen molar-refractivity contribution < 1.29 is 19.4 Å². The molecule has 4 heteroatoms. The van der Waals surface area contributed by atoms with Crippen LogP contribution in [0.25, 0.3) is 0 Å². The summed E-state index contributed by atoms with van der Waals surface area (Å²) in [4.78, 5) is 23.8. The second-order valence-corrected chi connectivity index (χ2v) is 9.17. The Morgan fingerprint density at radius 3 is 1.74 bits per heavy atom. The number of benzene rings is 1. The fraction of sp³-hybridized carbons (Fsp3) is 0.704. The number of esters is 1. The van der Waals surface area contributed by atoms with Gasteiger partial charge in [0, 0.05) is 0 Å². The average molecular weight is 433 g/mol. The van der Waals surface area contributed by atoms with Gasteiger partial charge in [-0.3, -0.25) is 0 Å². The van der Waals surface area contributed by atoms with Crippen molar-refractivity contribution in [2.24, 2.45) is 5.92 Å². The topological polar surface area (TPSA) is 63.6 Å². The highest BCUT2D eigenvalue weighted by atomic mass is 16.5. The number of carbonyl (C=O) groups is 2. The van der Waals surface area contributed by atoms with Gasteiger partial charge in [0.15, 0.2) is 0 Å². The van der Waals surface area contributed by atoms with Gasteiger partial charge in [0.05, 0.1) is 11.1 Å². The maximum absolute atomic E-state index is 12.5. The number of ether oxygens (including phenoxy) is 1. The third-order valence-corrected chi connectivity index (χ3v) is 5.82. The van der Waals surface area contributed by atoms with E-state index in [4.69, 9.17) is 4.74 Å². The molecule has 1 aromatic rings. The molecule has 0 aliphatic heterocycles. The lowest BCUT2D eigenvalue weighted by Gasteiger charge is -2.18. The van der Waals surface area contributed by atoms with Crippen LogP contribution in [0.3, 0.4) is 0 Å². The SMILES string of the molecule is CCCC(CCCCCCCCCCCCC(C)C)OC(=O)c1ccccc1C(=O)O. The van der Waals surface area contributed by atoms with Gasteiger partial charge in [-0.25, -0.2) is 9.59 Å². The standard InChI is InChI=1S/C27H44O4/c1-4-17-23(31-27(30)25-21-16-15-20-24(25)26(28)29)19-14-12-10-8-6-5-7-9-11-13-18-22(2)3/h15-16,20-23H,4-14,17-19H2,1-3H3,(H,28,29). The molecule has 0 saturated heterocycles. The summed E-state index contributed by atoms with van der Waals surface area (Å²) in [5.41, 5.74) is 0.142. The normalized spacial score (nSPS) is 12.1. The molecule has 0 fully saturated rings. The third-order valence-electron chi connectivity index (χ3n) is 5.82. The zero-order valence-electron chi connectivity index (χ0n) is 20.0. The predicted octanol–water partition coefficient (Wildman–Crippen LogP) is 8.05. The largest absolute Gasteiger partial charge is 0.478 e. The molecule has 0 heterocycles. The van der Waals surface area contributed by atoms with Crippen LogP contribution in [-0.4, -0.2) is 23.1 Å². The Morgan fingerprint density at radius 2 is 1.26 bits per heavy atom. The van der Waals surface area contributed by atoms with Crippen molar-refractivity contribution in [3.8, 4) is 0 Å². The zero-order valence-corrected chi connectivity index (χ0v) is 20.0. The second kappa shape index (κ2) is 16.8. The smallest absolute Gasteiger partial charge is 0.339 e. The summed E-state index contributed by atoms with van der Waals surface area (Å²) in [7, 11) is 0. The van der Waals surface area contributed by atoms with Gasteiger partial charge < -0.3 is 9.84 Å². The Kier molecular flexibility index (Phi) is 14.7. The summed E-state index contributed by atoms with van der Waals surface area (Å²) in [6.07, 6.45) is 16.7. The van der Waals surface area contributed by atoms with Gasteiger partial charge in [-0.1, -0.05) is 104 Å². The summed E-state index contributed by atoms with van der Waals surface area (Å²) in [6.45, 7) is 6.68. The number of hydrogen-bond acceptors (Lipinski definition) is 3. The van der Waals surface area contributed by atoms with E-state index in [1.165, 1.54) is 69.9 Å². The maximum atomic E-state index is 12.5. The first-order chi connectivity index (χ1) is 15.0. The van der Waals surface area contributed by atoms with Crippen LogP contribution in [0, 0.1) is 5.92 Å². The van der Waals surface area contributed by atoms with Crippen molar-refractivity contribution in [2.75, 3.05) is 0 Å². The van der Waals surface area contributed by atoms with Gasteiger partial charge in [0.1, 0.15) is 6.10 Å². The summed E-state index contributed by atoms with van der Waals surface area (Å²) < 4.78 is 5.67. The fourth-order valence-electron chi connectivity index (χ4n) is 3.99. The number of carbonyl (C=O) groups excluding carboxylic acids is 1. The van der Waals surface area contributed by atoms with Crippen LogP contribution < -0.4 is 0 Å². The lowest BCUT2D eigenvalue weighted by atomic mass is 10.0. The maximum Gasteiger partial charge on any atom is 0.339 e. The quantitative estimate of drug-likeness (QED) is 0.188. The number of unbranched alkanes of at least 4 members (excludes halogenated alkanes) is 9. The molecule has 176 valence electrons. The van der Waals surface area contributed by atoms with Gasteiger partial charge in [0.2, 0.25) is 0 Å². The molecule has 1 rings (SSSR count). The van der Waals surface area contributed by atoms with Crippen LogP contribution >= 0.6 is 0 Å². The number of hydrogen-bond donors (Lipinski definition) is 1. The lowest BCUT2D eigenvalue weighted by Crippen LogP contribution is -2.20. The number of carboxylic acids is 1. The Labute approximate surface area is 189 Å². The molecule has 31 heavy (non-hydrogen) atoms. The minimum absolute atomic E-state index is 0.00247. The molecule has 0 saturated carbocycles. The van der Waals surface area contributed by atoms with E-state index >= 15 is 0 Å². The molecule has 0 aliphatic carbocycles. The molecule has 1 N–H and O–H groups in total. The van der Waals surface area contributed by atoms with Crippen molar-refractivity contribution in [3.05, 3.63) is 35.4 Å². The molecule has 0 amide bonds. The molecule has 0 bridgehead atoms. The number of aromatic carboxylic acids is 1. The van der Waals surface area contributed by atoms with Crippen molar-refractivity contribution in [1.29, 1.82) is 0 Å². The fourth-order valence-corrected chi connectivity index (χ4v) is 3.99. The first-order valence-electron chi connectivity index (χ1n) is 12.5. The van der Waals surface area contributed by atoms with Crippen molar-refractivity contribution in [3.63, 3.8) is 0 Å². The first kappa shape index (κ1) is 27.2. The molecule has 0 aromatic heterocycles. The van der Waals surface area contributed by atoms with Crippen LogP contribution in [0.2, 0.25) is 0 Å². The summed E-state index contributed by atoms with van der Waals surface area (Å²) >= 11 is 0. The minimum atomic E-state index is -1.10. The van der Waals surface area contributed by atoms with Crippen LogP contribution in [0.4, 0.5) is 0 Å². The lowest BCUT2D eigenvalue weighted by molar-refractivity contribution is 0.0248. The highest BCUT2D eigenvalue weighted by Crippen LogP contribution is 2.18. The van der Waals surface area contributed by atoms with Gasteiger partial charge in [-0.2, -0.15) is 0 Å². The molecule has 0 spiro atoms. The zero-order chi connectivity index (χ0) is 22.9. The molecule has 0 radical (unpaired) electrons. The number of carboxylic acid groups (broad SMARTS) is 1. The van der Waals surface area contributed by atoms with Gasteiger partial charge >= 0.3 is 11.9 Å². The Bertz CT molecular complexity index is 623. The van der Waals surface area contributed by atoms with E-state index in [-0.39, 0.29) is 17.2 Å². The third kappa shape index (κ3) is 12.6. The van der Waals surface area contributed by atoms with Crippen molar-refractivity contribution in [2.45, 2.75) is 117 Å². The summed E-state index contributed by atoms with van der Waals surface area (Å²) in [5.74, 6) is -0.791. The van der Waals surface area contributed by atoms with Crippen LogP contribution in [0.15, 0.2) is 24.3 Å². The molecule has 1 aromatic carbocycles. The van der Waals surface area contributed by atoms with Crippen LogP contribution in [0.1, 0.15) is 131 Å². The Balaban J connectivity index is 2.20. The second-order valence-electron chi connectivity index (χ2n) is 9.17. The molecule has 0 aliphatic rings. The monoisotopic (exact) mass is 432 g/mol. The van der Waals surface area contributed by atoms with E-state index in [0.717, 1.165) is 38.0 Å². The molecule has 1 atom stereocenters. The van der Waals surface area contributed by atoms with Crippen LogP contribution in [0.5, 0.6) is 0 Å². The minimum Gasteiger partial charge on any atom is -0.478 e. The Morgan fingerprint density at radius 1 is 0.774 bits per heavy atom. The van der Waals surface area contributed by atoms with E-state index in [2.05, 4.69) is 20.8 Å². The first-order valence-corrected chi connectivity index (χ1v) is 12.5. The van der Waals surface area contributed by atoms with Crippen molar-refractivity contribution in [1.82, 2.24) is 0 Å². The van der Waals surface area contributed by atoms with E-state index in [0.29, 0.717) is 0 Å². The molecular weight excluding hydrogens is 388 g/mol. The highest BCUT2D eigenvalue weighted by molar-refractivity contribution is 6.02. The van der Waals surface area contributed by atoms with Crippen molar-refractivity contribution >= 4 is 11.9 Å². The molecule has 4 nitrogen and oxygen atoms in total.